The second-order valence-electron chi connectivity index (χ2n) is 5.87. The molecule has 1 atom stereocenters. The molecule has 0 saturated carbocycles. The first-order chi connectivity index (χ1) is 10.2. The number of nitrogens with one attached hydrogen (secondary N) is 1. The second kappa shape index (κ2) is 10.9. The Morgan fingerprint density at radius 3 is 2.71 bits per heavy atom. The third kappa shape index (κ3) is 7.18. The lowest BCUT2D eigenvalue weighted by atomic mass is 10.0. The summed E-state index contributed by atoms with van der Waals surface area (Å²) in [6.07, 6.45) is 5.96. The lowest BCUT2D eigenvalue weighted by Gasteiger charge is -2.34. The molecule has 0 aromatic carbocycles. The van der Waals surface area contributed by atoms with Crippen LogP contribution in [0.5, 0.6) is 0 Å². The predicted molar refractivity (Wildman–Crippen MR) is 90.3 cm³/mol. The van der Waals surface area contributed by atoms with Crippen LogP contribution in [0.3, 0.4) is 0 Å². The molecule has 4 nitrogen and oxygen atoms in total. The number of aliphatic imine (C=N–C) groups is 1. The molecular formula is C17H33N3O. The Kier molecular flexibility index (Phi) is 9.51. The maximum absolute atomic E-state index is 11.4. The lowest BCUT2D eigenvalue weighted by Crippen LogP contribution is -2.54. The topological polar surface area (TPSA) is 44.7 Å². The third-order valence-corrected chi connectivity index (χ3v) is 4.13. The number of hydrogen-bond donors (Lipinski definition) is 1. The number of hydrogen-bond acceptors (Lipinski definition) is 4. The van der Waals surface area contributed by atoms with Crippen molar-refractivity contribution in [1.82, 2.24) is 10.2 Å². The van der Waals surface area contributed by atoms with E-state index < -0.39 is 0 Å². The average Bonchev–Trinajstić information content (AvgIpc) is 2.51. The van der Waals surface area contributed by atoms with Crippen LogP contribution in [0.25, 0.3) is 0 Å². The Morgan fingerprint density at radius 1 is 1.24 bits per heavy atom. The second-order valence-corrected chi connectivity index (χ2v) is 5.87. The Hall–Kier alpha value is -0.740. The first-order valence-electron chi connectivity index (χ1n) is 8.71. The number of piperazine rings is 1. The van der Waals surface area contributed by atoms with E-state index in [-0.39, 0.29) is 0 Å². The van der Waals surface area contributed by atoms with E-state index in [9.17, 15) is 4.79 Å². The van der Waals surface area contributed by atoms with E-state index in [1.807, 2.05) is 6.92 Å². The van der Waals surface area contributed by atoms with Crippen LogP contribution in [0.15, 0.2) is 4.99 Å². The van der Waals surface area contributed by atoms with Crippen LogP contribution in [-0.2, 0) is 4.79 Å². The summed E-state index contributed by atoms with van der Waals surface area (Å²) in [5.41, 5.74) is 1.34. The molecule has 1 unspecified atom stereocenters. The fraction of sp³-hybridized carbons (Fsp3) is 0.882. The molecule has 1 saturated heterocycles. The maximum atomic E-state index is 11.4. The zero-order chi connectivity index (χ0) is 15.5. The van der Waals surface area contributed by atoms with Crippen molar-refractivity contribution in [3.63, 3.8) is 0 Å². The van der Waals surface area contributed by atoms with Gasteiger partial charge in [0.05, 0.1) is 6.04 Å². The molecule has 0 spiro atoms. The number of nitrogens with zero attached hydrogens (tertiary/aromatic N) is 2. The minimum atomic E-state index is 0.387. The average molecular weight is 295 g/mol. The standard InChI is InChI=1S/C17H33N3O/c1-4-7-10-16(18-6-3)17-14-20(13-11-19-17)12-8-9-15(21)5-2/h17,19H,4-14H2,1-3H3. The summed E-state index contributed by atoms with van der Waals surface area (Å²) in [4.78, 5) is 18.6. The summed E-state index contributed by atoms with van der Waals surface area (Å²) in [6, 6.07) is 0.409. The third-order valence-electron chi connectivity index (χ3n) is 4.13. The fourth-order valence-corrected chi connectivity index (χ4v) is 2.84. The van der Waals surface area contributed by atoms with Gasteiger partial charge in [-0.25, -0.2) is 0 Å². The van der Waals surface area contributed by atoms with Gasteiger partial charge in [0.1, 0.15) is 5.78 Å². The van der Waals surface area contributed by atoms with Crippen LogP contribution in [0.4, 0.5) is 0 Å². The fourth-order valence-electron chi connectivity index (χ4n) is 2.84. The van der Waals surface area contributed by atoms with Gasteiger partial charge in [-0.15, -0.1) is 0 Å². The molecule has 1 heterocycles. The van der Waals surface area contributed by atoms with Crippen LogP contribution in [0.1, 0.15) is 59.3 Å². The summed E-state index contributed by atoms with van der Waals surface area (Å²) in [7, 11) is 0. The van der Waals surface area contributed by atoms with Crippen molar-refractivity contribution in [3.8, 4) is 0 Å². The van der Waals surface area contributed by atoms with Crippen LogP contribution in [0, 0.1) is 0 Å². The SMILES string of the molecule is CCCCC(=NCC)C1CN(CCCC(=O)CC)CCN1. The molecule has 1 N–H and O–H groups in total. The van der Waals surface area contributed by atoms with Crippen molar-refractivity contribution in [3.05, 3.63) is 0 Å². The molecule has 1 fully saturated rings. The molecule has 4 heteroatoms. The van der Waals surface area contributed by atoms with Crippen molar-refractivity contribution in [1.29, 1.82) is 0 Å². The van der Waals surface area contributed by atoms with Gasteiger partial charge in [-0.2, -0.15) is 0 Å². The van der Waals surface area contributed by atoms with Gasteiger partial charge in [-0.05, 0) is 32.7 Å². The van der Waals surface area contributed by atoms with E-state index in [0.717, 1.165) is 52.0 Å². The van der Waals surface area contributed by atoms with E-state index in [0.29, 0.717) is 18.2 Å². The van der Waals surface area contributed by atoms with E-state index in [1.54, 1.807) is 0 Å². The maximum Gasteiger partial charge on any atom is 0.132 e. The van der Waals surface area contributed by atoms with Gasteiger partial charge in [0.15, 0.2) is 0 Å². The minimum absolute atomic E-state index is 0.387. The number of ketones is 1. The van der Waals surface area contributed by atoms with Crippen LogP contribution < -0.4 is 5.32 Å². The summed E-state index contributed by atoms with van der Waals surface area (Å²) >= 11 is 0. The largest absolute Gasteiger partial charge is 0.307 e. The highest BCUT2D eigenvalue weighted by Gasteiger charge is 2.22. The van der Waals surface area contributed by atoms with Crippen LogP contribution in [0.2, 0.25) is 0 Å². The van der Waals surface area contributed by atoms with Crippen molar-refractivity contribution in [2.75, 3.05) is 32.7 Å². The highest BCUT2D eigenvalue weighted by molar-refractivity contribution is 5.90. The monoisotopic (exact) mass is 295 g/mol. The molecule has 21 heavy (non-hydrogen) atoms. The molecular weight excluding hydrogens is 262 g/mol. The van der Waals surface area contributed by atoms with Gasteiger partial charge in [0.25, 0.3) is 0 Å². The van der Waals surface area contributed by atoms with E-state index in [1.165, 1.54) is 18.6 Å². The number of Topliss-reactive ketones (excluding diaryl/α,β-unsaturated/α-hetero) is 1. The lowest BCUT2D eigenvalue weighted by molar-refractivity contribution is -0.118. The van der Waals surface area contributed by atoms with Gasteiger partial charge < -0.3 is 10.2 Å². The van der Waals surface area contributed by atoms with E-state index in [2.05, 4.69) is 24.1 Å². The minimum Gasteiger partial charge on any atom is -0.307 e. The van der Waals surface area contributed by atoms with Crippen LogP contribution in [-0.4, -0.2) is 55.2 Å². The molecule has 1 rings (SSSR count). The molecule has 0 amide bonds. The number of rotatable bonds is 10. The molecule has 0 aromatic rings. The Morgan fingerprint density at radius 2 is 2.05 bits per heavy atom. The highest BCUT2D eigenvalue weighted by atomic mass is 16.1. The van der Waals surface area contributed by atoms with Gasteiger partial charge in [-0.1, -0.05) is 20.3 Å². The number of unbranched alkanes of at least 4 members (excludes halogenated alkanes) is 1. The first kappa shape index (κ1) is 18.3. The number of carbonyl (C=O) groups is 1. The summed E-state index contributed by atoms with van der Waals surface area (Å²) in [6.45, 7) is 11.4. The summed E-state index contributed by atoms with van der Waals surface area (Å²) in [5.74, 6) is 0.387. The Balaban J connectivity index is 2.42. The van der Waals surface area contributed by atoms with Crippen LogP contribution >= 0.6 is 0 Å². The molecule has 0 radical (unpaired) electrons. The molecule has 0 aromatic heterocycles. The van der Waals surface area contributed by atoms with Crippen molar-refractivity contribution >= 4 is 11.5 Å². The quantitative estimate of drug-likeness (QED) is 0.630. The van der Waals surface area contributed by atoms with Gasteiger partial charge in [0.2, 0.25) is 0 Å². The predicted octanol–water partition coefficient (Wildman–Crippen LogP) is 2.67. The molecule has 0 bridgehead atoms. The normalized spacial score (nSPS) is 20.7. The van der Waals surface area contributed by atoms with Crippen molar-refractivity contribution in [2.24, 2.45) is 4.99 Å². The van der Waals surface area contributed by atoms with Gasteiger partial charge >= 0.3 is 0 Å². The first-order valence-corrected chi connectivity index (χ1v) is 8.71. The molecule has 122 valence electrons. The Labute approximate surface area is 130 Å². The van der Waals surface area contributed by atoms with Crippen molar-refractivity contribution < 1.29 is 4.79 Å². The van der Waals surface area contributed by atoms with E-state index in [4.69, 9.17) is 4.99 Å². The summed E-state index contributed by atoms with van der Waals surface area (Å²) < 4.78 is 0. The van der Waals surface area contributed by atoms with Gasteiger partial charge in [-0.3, -0.25) is 9.79 Å². The van der Waals surface area contributed by atoms with E-state index >= 15 is 0 Å². The zero-order valence-corrected chi connectivity index (χ0v) is 14.2. The molecule has 0 aliphatic carbocycles. The zero-order valence-electron chi connectivity index (χ0n) is 14.2. The highest BCUT2D eigenvalue weighted by Crippen LogP contribution is 2.09. The summed E-state index contributed by atoms with van der Waals surface area (Å²) in [5, 5.41) is 3.61. The molecule has 1 aliphatic rings. The molecule has 1 aliphatic heterocycles. The Bertz CT molecular complexity index is 328. The smallest absolute Gasteiger partial charge is 0.132 e. The number of carbonyl (C=O) groups excluding carboxylic acids is 1. The van der Waals surface area contributed by atoms with Gasteiger partial charge in [0, 0.05) is 44.7 Å². The van der Waals surface area contributed by atoms with Crippen molar-refractivity contribution in [2.45, 2.75) is 65.3 Å².